The summed E-state index contributed by atoms with van der Waals surface area (Å²) in [5.74, 6) is 0.739. The number of carbonyl (C=O) groups excluding carboxylic acids is 1. The van der Waals surface area contributed by atoms with Gasteiger partial charge in [-0.1, -0.05) is 48.5 Å². The average Bonchev–Trinajstić information content (AvgIpc) is 2.73. The van der Waals surface area contributed by atoms with Crippen LogP contribution < -0.4 is 10.1 Å². The molecule has 5 nitrogen and oxygen atoms in total. The molecule has 1 N–H and O–H groups in total. The predicted octanol–water partition coefficient (Wildman–Crippen LogP) is 5.07. The van der Waals surface area contributed by atoms with E-state index < -0.39 is 0 Å². The summed E-state index contributed by atoms with van der Waals surface area (Å²) >= 11 is 0. The van der Waals surface area contributed by atoms with E-state index in [0.717, 1.165) is 16.3 Å². The number of amides is 1. The molecule has 0 bridgehead atoms. The number of aromatic nitrogens is 2. The maximum atomic E-state index is 12.3. The quantitative estimate of drug-likeness (QED) is 0.500. The molecule has 1 amide bonds. The van der Waals surface area contributed by atoms with Crippen LogP contribution >= 0.6 is 0 Å². The van der Waals surface area contributed by atoms with Crippen LogP contribution in [0.3, 0.4) is 0 Å². The Morgan fingerprint density at radius 2 is 1.82 bits per heavy atom. The number of nitrogens with one attached hydrogen (secondary N) is 1. The molecule has 0 fully saturated rings. The molecular weight excluding hydrogens is 350 g/mol. The third kappa shape index (κ3) is 4.22. The maximum Gasteiger partial charge on any atom is 0.248 e. The van der Waals surface area contributed by atoms with Crippen LogP contribution in [0.4, 0.5) is 5.69 Å². The van der Waals surface area contributed by atoms with Gasteiger partial charge in [0.2, 0.25) is 11.8 Å². The van der Waals surface area contributed by atoms with Gasteiger partial charge in [-0.25, -0.2) is 4.98 Å². The molecule has 0 spiro atoms. The lowest BCUT2D eigenvalue weighted by molar-refractivity contribution is -0.111. The molecule has 4 aromatic rings. The van der Waals surface area contributed by atoms with Crippen LogP contribution in [0.15, 0.2) is 91.4 Å². The molecule has 0 saturated carbocycles. The van der Waals surface area contributed by atoms with Gasteiger partial charge in [-0.15, -0.1) is 0 Å². The number of rotatable bonds is 5. The molecule has 1 heterocycles. The van der Waals surface area contributed by atoms with Gasteiger partial charge in [-0.3, -0.25) is 9.78 Å². The Balaban J connectivity index is 1.46. The Hall–Kier alpha value is -3.99. The topological polar surface area (TPSA) is 64.1 Å². The molecule has 0 aliphatic heterocycles. The van der Waals surface area contributed by atoms with E-state index in [-0.39, 0.29) is 5.91 Å². The molecule has 136 valence electrons. The lowest BCUT2D eigenvalue weighted by Crippen LogP contribution is -2.07. The molecule has 3 aromatic carbocycles. The normalized spacial score (nSPS) is 10.9. The van der Waals surface area contributed by atoms with E-state index in [2.05, 4.69) is 27.4 Å². The van der Waals surface area contributed by atoms with Gasteiger partial charge in [0.25, 0.3) is 0 Å². The van der Waals surface area contributed by atoms with Gasteiger partial charge in [0.1, 0.15) is 5.75 Å². The van der Waals surface area contributed by atoms with Gasteiger partial charge in [-0.05, 0) is 34.5 Å². The zero-order valence-corrected chi connectivity index (χ0v) is 14.9. The van der Waals surface area contributed by atoms with Crippen molar-refractivity contribution < 1.29 is 9.53 Å². The Kier molecular flexibility index (Phi) is 5.06. The molecule has 0 aliphatic rings. The van der Waals surface area contributed by atoms with E-state index in [1.807, 2.05) is 36.4 Å². The van der Waals surface area contributed by atoms with Crippen molar-refractivity contribution >= 4 is 28.4 Å². The Bertz CT molecular complexity index is 1140. The van der Waals surface area contributed by atoms with Crippen molar-refractivity contribution in [3.8, 4) is 11.6 Å². The summed E-state index contributed by atoms with van der Waals surface area (Å²) in [6.45, 7) is 0. The fourth-order valence-corrected chi connectivity index (χ4v) is 2.84. The van der Waals surface area contributed by atoms with Gasteiger partial charge >= 0.3 is 0 Å². The summed E-state index contributed by atoms with van der Waals surface area (Å²) in [5, 5.41) is 5.09. The van der Waals surface area contributed by atoms with Gasteiger partial charge in [-0.2, -0.15) is 0 Å². The minimum atomic E-state index is -0.218. The summed E-state index contributed by atoms with van der Waals surface area (Å²) in [6, 6.07) is 21.2. The SMILES string of the molecule is O=C(/C=C/c1cccc2ccccc12)Nc1cccc(Oc2cnccn2)c1. The largest absolute Gasteiger partial charge is 0.437 e. The number of carbonyl (C=O) groups is 1. The number of benzene rings is 3. The summed E-state index contributed by atoms with van der Waals surface area (Å²) < 4.78 is 5.64. The summed E-state index contributed by atoms with van der Waals surface area (Å²) in [7, 11) is 0. The van der Waals surface area contributed by atoms with Crippen LogP contribution in [0.25, 0.3) is 16.8 Å². The molecule has 0 unspecified atom stereocenters. The Morgan fingerprint density at radius 1 is 0.964 bits per heavy atom. The molecule has 4 rings (SSSR count). The van der Waals surface area contributed by atoms with E-state index in [9.17, 15) is 4.79 Å². The highest BCUT2D eigenvalue weighted by Gasteiger charge is 2.03. The van der Waals surface area contributed by atoms with Crippen molar-refractivity contribution in [1.82, 2.24) is 9.97 Å². The highest BCUT2D eigenvalue weighted by Crippen LogP contribution is 2.22. The molecule has 0 aliphatic carbocycles. The molecule has 28 heavy (non-hydrogen) atoms. The minimum Gasteiger partial charge on any atom is -0.437 e. The molecule has 0 atom stereocenters. The van der Waals surface area contributed by atoms with Crippen LogP contribution in [0, 0.1) is 0 Å². The van der Waals surface area contributed by atoms with Crippen molar-refractivity contribution in [3.05, 3.63) is 97.0 Å². The number of ether oxygens (including phenoxy) is 1. The first kappa shape index (κ1) is 17.4. The molecule has 1 aromatic heterocycles. The third-order valence-corrected chi connectivity index (χ3v) is 4.10. The van der Waals surface area contributed by atoms with E-state index >= 15 is 0 Å². The number of hydrogen-bond donors (Lipinski definition) is 1. The van der Waals surface area contributed by atoms with Gasteiger partial charge in [0, 0.05) is 30.2 Å². The average molecular weight is 367 g/mol. The molecule has 5 heteroatoms. The second-order valence-corrected chi connectivity index (χ2v) is 6.06. The van der Waals surface area contributed by atoms with E-state index in [1.165, 1.54) is 12.3 Å². The monoisotopic (exact) mass is 367 g/mol. The second-order valence-electron chi connectivity index (χ2n) is 6.06. The first-order chi connectivity index (χ1) is 13.8. The van der Waals surface area contributed by atoms with Gasteiger partial charge in [0.15, 0.2) is 0 Å². The minimum absolute atomic E-state index is 0.218. The maximum absolute atomic E-state index is 12.3. The fraction of sp³-hybridized carbons (Fsp3) is 0. The smallest absolute Gasteiger partial charge is 0.248 e. The van der Waals surface area contributed by atoms with E-state index in [1.54, 1.807) is 36.7 Å². The zero-order valence-electron chi connectivity index (χ0n) is 14.9. The molecule has 0 radical (unpaired) electrons. The Labute approximate surface area is 162 Å². The summed E-state index contributed by atoms with van der Waals surface area (Å²) in [4.78, 5) is 20.4. The van der Waals surface area contributed by atoms with Crippen molar-refractivity contribution in [2.24, 2.45) is 0 Å². The third-order valence-electron chi connectivity index (χ3n) is 4.10. The first-order valence-electron chi connectivity index (χ1n) is 8.79. The summed E-state index contributed by atoms with van der Waals surface area (Å²) in [5.41, 5.74) is 1.63. The molecule has 0 saturated heterocycles. The van der Waals surface area contributed by atoms with Crippen molar-refractivity contribution in [2.75, 3.05) is 5.32 Å². The van der Waals surface area contributed by atoms with E-state index in [0.29, 0.717) is 17.3 Å². The fourth-order valence-electron chi connectivity index (χ4n) is 2.84. The van der Waals surface area contributed by atoms with E-state index in [4.69, 9.17) is 4.74 Å². The lowest BCUT2D eigenvalue weighted by atomic mass is 10.0. The number of anilines is 1. The van der Waals surface area contributed by atoms with Crippen LogP contribution in [0.5, 0.6) is 11.6 Å². The second kappa shape index (κ2) is 8.14. The van der Waals surface area contributed by atoms with Crippen LogP contribution in [0.2, 0.25) is 0 Å². The van der Waals surface area contributed by atoms with Gasteiger partial charge < -0.3 is 10.1 Å². The van der Waals surface area contributed by atoms with Crippen molar-refractivity contribution in [2.45, 2.75) is 0 Å². The Morgan fingerprint density at radius 3 is 2.71 bits per heavy atom. The number of hydrogen-bond acceptors (Lipinski definition) is 4. The standard InChI is InChI=1S/C23H17N3O2/c27-22(12-11-18-7-3-6-17-5-1-2-10-21(17)18)26-19-8-4-9-20(15-19)28-23-16-24-13-14-25-23/h1-16H,(H,26,27)/b12-11+. The van der Waals surface area contributed by atoms with Crippen LogP contribution in [0.1, 0.15) is 5.56 Å². The predicted molar refractivity (Wildman–Crippen MR) is 110 cm³/mol. The summed E-state index contributed by atoms with van der Waals surface area (Å²) in [6.07, 6.45) is 8.00. The zero-order chi connectivity index (χ0) is 19.2. The van der Waals surface area contributed by atoms with Crippen LogP contribution in [-0.4, -0.2) is 15.9 Å². The highest BCUT2D eigenvalue weighted by molar-refractivity contribution is 6.03. The lowest BCUT2D eigenvalue weighted by Gasteiger charge is -2.07. The highest BCUT2D eigenvalue weighted by atomic mass is 16.5. The van der Waals surface area contributed by atoms with Crippen LogP contribution in [-0.2, 0) is 4.79 Å². The van der Waals surface area contributed by atoms with Crippen molar-refractivity contribution in [3.63, 3.8) is 0 Å². The van der Waals surface area contributed by atoms with Gasteiger partial charge in [0.05, 0.1) is 6.20 Å². The number of fused-ring (bicyclic) bond motifs is 1. The first-order valence-corrected chi connectivity index (χ1v) is 8.79. The number of nitrogens with zero attached hydrogens (tertiary/aromatic N) is 2. The molecular formula is C23H17N3O2. The van der Waals surface area contributed by atoms with Crippen molar-refractivity contribution in [1.29, 1.82) is 0 Å².